The van der Waals surface area contributed by atoms with Crippen LogP contribution in [-0.4, -0.2) is 14.1 Å². The van der Waals surface area contributed by atoms with Gasteiger partial charge in [-0.2, -0.15) is 0 Å². The van der Waals surface area contributed by atoms with Crippen molar-refractivity contribution in [1.82, 2.24) is 14.1 Å². The van der Waals surface area contributed by atoms with E-state index >= 15 is 0 Å². The average molecular weight is 790 g/mol. The van der Waals surface area contributed by atoms with Crippen LogP contribution in [0.5, 0.6) is 11.5 Å². The number of nitrogens with zero attached hydrogens (tertiary/aromatic N) is 4. The predicted octanol–water partition coefficient (Wildman–Crippen LogP) is 13.7. The maximum atomic E-state index is 9.24. The Labute approximate surface area is 366 Å². The first-order chi connectivity index (χ1) is 33.6. The summed E-state index contributed by atoms with van der Waals surface area (Å²) >= 11 is 0. The van der Waals surface area contributed by atoms with Crippen LogP contribution < -0.4 is 9.30 Å². The molecular weight excluding hydrogens is 733 g/mol. The van der Waals surface area contributed by atoms with Crippen LogP contribution in [0.1, 0.15) is 66.7 Å². The van der Waals surface area contributed by atoms with Crippen molar-refractivity contribution in [3.63, 3.8) is 0 Å². The number of ether oxygens (including phenoxy) is 1. The minimum Gasteiger partial charge on any atom is -0.458 e. The Balaban J connectivity index is 1.20. The Morgan fingerprint density at radius 3 is 2.03 bits per heavy atom. The highest BCUT2D eigenvalue weighted by Gasteiger charge is 2.22. The number of rotatable bonds is 8. The van der Waals surface area contributed by atoms with Crippen molar-refractivity contribution in [2.24, 2.45) is 0 Å². The molecule has 5 nitrogen and oxygen atoms in total. The number of hydrogen-bond acceptors (Lipinski definition) is 2. The third kappa shape index (κ3) is 6.62. The second-order valence-corrected chi connectivity index (χ2v) is 16.0. The van der Waals surface area contributed by atoms with Crippen LogP contribution in [0.3, 0.4) is 0 Å². The lowest BCUT2D eigenvalue weighted by molar-refractivity contribution is -0.571. The zero-order chi connectivity index (χ0) is 50.6. The van der Waals surface area contributed by atoms with Gasteiger partial charge in [0.25, 0.3) is 6.33 Å². The molecule has 0 radical (unpaired) electrons. The van der Waals surface area contributed by atoms with Gasteiger partial charge in [0.1, 0.15) is 17.3 Å². The molecule has 10 aromatic rings. The highest BCUT2D eigenvalue weighted by molar-refractivity contribution is 6.09. The quantitative estimate of drug-likeness (QED) is 0.114. The fourth-order valence-electron chi connectivity index (χ4n) is 7.84. The van der Waals surface area contributed by atoms with Gasteiger partial charge in [0.2, 0.25) is 0 Å². The lowest BCUT2D eigenvalue weighted by atomic mass is 9.88. The highest BCUT2D eigenvalue weighted by atomic mass is 16.5. The van der Waals surface area contributed by atoms with Gasteiger partial charge in [-0.1, -0.05) is 156 Å². The molecular formula is C55H46N4O. The van der Waals surface area contributed by atoms with Gasteiger partial charge in [0.05, 0.1) is 47.1 Å². The summed E-state index contributed by atoms with van der Waals surface area (Å²) in [7, 11) is 0. The molecule has 0 aliphatic carbocycles. The molecule has 0 saturated carbocycles. The van der Waals surface area contributed by atoms with Crippen molar-refractivity contribution in [1.29, 1.82) is 0 Å². The number of hydrogen-bond donors (Lipinski definition) is 0. The third-order valence-corrected chi connectivity index (χ3v) is 10.8. The molecule has 0 bridgehead atoms. The minimum absolute atomic E-state index is 0.110. The van der Waals surface area contributed by atoms with E-state index in [0.717, 1.165) is 33.2 Å². The van der Waals surface area contributed by atoms with Crippen LogP contribution in [0.25, 0.3) is 72.3 Å². The van der Waals surface area contributed by atoms with Gasteiger partial charge < -0.3 is 4.74 Å². The van der Waals surface area contributed by atoms with Crippen molar-refractivity contribution >= 4 is 32.8 Å². The molecule has 5 heteroatoms. The number of imidazole rings is 1. The smallest absolute Gasteiger partial charge is 0.269 e. The van der Waals surface area contributed by atoms with Crippen molar-refractivity contribution in [2.75, 3.05) is 0 Å². The van der Waals surface area contributed by atoms with Crippen molar-refractivity contribution < 1.29 is 24.4 Å². The Morgan fingerprint density at radius 2 is 1.33 bits per heavy atom. The summed E-state index contributed by atoms with van der Waals surface area (Å²) in [5, 5.41) is 2.07. The summed E-state index contributed by atoms with van der Waals surface area (Å²) in [5.41, 5.74) is 5.28. The van der Waals surface area contributed by atoms with Gasteiger partial charge in [-0.05, 0) is 93.2 Å². The van der Waals surface area contributed by atoms with E-state index in [0.29, 0.717) is 33.8 Å². The van der Waals surface area contributed by atoms with Gasteiger partial charge in [-0.15, -0.1) is 0 Å². The molecule has 0 N–H and O–H groups in total. The fraction of sp³-hybridized carbons (Fsp3) is 0.127. The SMILES string of the molecule is [2H]c1c([2H])c([2H])c(-c2cccc(-c3c([2H])c([2H])c([2H])c([2H])c3[2H])c2-[n+]2[c-]n(-c3cc(Oc4ccc5c6ccccc6n(-c6cc(C(C)(C)C)ccn6)c5c4)cc(C([2H])(C)C)c3)c3ccccc32)c([2H])c1[2H]. The van der Waals surface area contributed by atoms with E-state index in [4.69, 9.17) is 23.4 Å². The Hall–Kier alpha value is -7.24. The molecule has 60 heavy (non-hydrogen) atoms. The van der Waals surface area contributed by atoms with E-state index in [-0.39, 0.29) is 33.4 Å². The van der Waals surface area contributed by atoms with Crippen molar-refractivity contribution in [3.8, 4) is 50.9 Å². The molecule has 3 aromatic heterocycles. The predicted molar refractivity (Wildman–Crippen MR) is 246 cm³/mol. The molecule has 0 aliphatic heterocycles. The Kier molecular flexibility index (Phi) is 6.61. The molecule has 3 heterocycles. The molecule has 0 atom stereocenters. The topological polar surface area (TPSA) is 35.9 Å². The van der Waals surface area contributed by atoms with E-state index < -0.39 is 66.3 Å². The van der Waals surface area contributed by atoms with E-state index in [1.54, 1.807) is 47.2 Å². The van der Waals surface area contributed by atoms with Crippen molar-refractivity contribution in [2.45, 2.75) is 45.9 Å². The van der Waals surface area contributed by atoms with Gasteiger partial charge >= 0.3 is 0 Å². The zero-order valence-corrected chi connectivity index (χ0v) is 33.7. The maximum Gasteiger partial charge on any atom is 0.269 e. The number of para-hydroxylation sites is 4. The lowest BCUT2D eigenvalue weighted by Crippen LogP contribution is -2.31. The van der Waals surface area contributed by atoms with Crippen LogP contribution >= 0.6 is 0 Å². The van der Waals surface area contributed by atoms with E-state index in [1.807, 2.05) is 79.0 Å². The summed E-state index contributed by atoms with van der Waals surface area (Å²) in [6.45, 7) is 10.1. The molecule has 0 unspecified atom stereocenters. The van der Waals surface area contributed by atoms with Gasteiger partial charge in [-0.3, -0.25) is 13.7 Å². The van der Waals surface area contributed by atoms with Gasteiger partial charge in [0, 0.05) is 24.4 Å². The summed E-state index contributed by atoms with van der Waals surface area (Å²) in [6, 6.07) is 30.5. The van der Waals surface area contributed by atoms with Crippen molar-refractivity contribution in [3.05, 3.63) is 199 Å². The van der Waals surface area contributed by atoms with Gasteiger partial charge in [-0.25, -0.2) is 4.98 Å². The number of fused-ring (bicyclic) bond motifs is 4. The maximum absolute atomic E-state index is 9.24. The van der Waals surface area contributed by atoms with Crippen LogP contribution in [-0.2, 0) is 5.41 Å². The second-order valence-electron chi connectivity index (χ2n) is 16.0. The Morgan fingerprint density at radius 1 is 0.667 bits per heavy atom. The first kappa shape index (κ1) is 26.7. The first-order valence-electron chi connectivity index (χ1n) is 25.2. The molecule has 292 valence electrons. The summed E-state index contributed by atoms with van der Waals surface area (Å²) in [5.74, 6) is 0.609. The normalized spacial score (nSPS) is 14.7. The summed E-state index contributed by atoms with van der Waals surface area (Å²) < 4.78 is 109. The largest absolute Gasteiger partial charge is 0.458 e. The molecule has 10 rings (SSSR count). The Bertz CT molecular complexity index is 3700. The average Bonchev–Trinajstić information content (AvgIpc) is 3.89. The minimum atomic E-state index is -1.12. The first-order valence-corrected chi connectivity index (χ1v) is 19.7. The molecule has 0 spiro atoms. The number of benzene rings is 7. The standard InChI is InChI=1S/C55H46N4O/c1-37(2)40-31-42(34-44(32-40)60-43-27-28-48-47-21-12-13-24-49(47)59(52(48)35-43)53-33-41(29-30-56-53)55(3,4)5)57-36-58(51-26-15-14-25-50(51)57)54-45(38-17-8-6-9-18-38)22-16-23-46(54)39-19-10-7-11-20-39/h6-35,37H,1-5H3/i6D,7D,8D,9D,10D,11D,17D,18D,19D,20D,37D. The molecule has 0 fully saturated rings. The molecule has 0 saturated heterocycles. The van der Waals surface area contributed by atoms with E-state index in [2.05, 4.69) is 49.9 Å². The van der Waals surface area contributed by atoms with E-state index in [9.17, 15) is 1.37 Å². The van der Waals surface area contributed by atoms with Crippen LogP contribution in [0, 0.1) is 6.33 Å². The van der Waals surface area contributed by atoms with Gasteiger partial charge in [0.15, 0.2) is 0 Å². The lowest BCUT2D eigenvalue weighted by Gasteiger charge is -2.20. The number of aromatic nitrogens is 4. The fourth-order valence-corrected chi connectivity index (χ4v) is 7.84. The molecule has 0 aliphatic rings. The zero-order valence-electron chi connectivity index (χ0n) is 44.7. The molecule has 0 amide bonds. The van der Waals surface area contributed by atoms with Crippen LogP contribution in [0.4, 0.5) is 0 Å². The summed E-state index contributed by atoms with van der Waals surface area (Å²) in [6.07, 6.45) is 5.29. The van der Waals surface area contributed by atoms with Crippen LogP contribution in [0.15, 0.2) is 182 Å². The number of pyridine rings is 1. The molecule has 7 aromatic carbocycles. The second kappa shape index (κ2) is 14.9. The monoisotopic (exact) mass is 789 g/mol. The summed E-state index contributed by atoms with van der Waals surface area (Å²) in [4.78, 5) is 4.83. The highest BCUT2D eigenvalue weighted by Crippen LogP contribution is 2.38. The van der Waals surface area contributed by atoms with Crippen LogP contribution in [0.2, 0.25) is 0 Å². The van der Waals surface area contributed by atoms with E-state index in [1.165, 1.54) is 0 Å². The third-order valence-electron chi connectivity index (χ3n) is 10.8.